The Hall–Kier alpha value is -1.08. The van der Waals surface area contributed by atoms with E-state index in [0.29, 0.717) is 23.4 Å². The van der Waals surface area contributed by atoms with Crippen molar-refractivity contribution in [3.8, 4) is 0 Å². The van der Waals surface area contributed by atoms with E-state index in [2.05, 4.69) is 27.8 Å². The van der Waals surface area contributed by atoms with Crippen molar-refractivity contribution in [1.29, 1.82) is 0 Å². The fourth-order valence-electron chi connectivity index (χ4n) is 2.95. The number of aliphatic imine (C=N–C) groups is 1. The molecule has 0 spiro atoms. The highest BCUT2D eigenvalue weighted by Crippen LogP contribution is 2.28. The topological polar surface area (TPSA) is 73.8 Å². The maximum Gasteiger partial charge on any atom is 0.511 e. The van der Waals surface area contributed by atoms with Crippen LogP contribution in [-0.2, 0) is 16.4 Å². The van der Waals surface area contributed by atoms with Crippen molar-refractivity contribution in [1.82, 2.24) is 14.9 Å². The minimum Gasteiger partial charge on any atom is -0.357 e. The van der Waals surface area contributed by atoms with Gasteiger partial charge in [-0.1, -0.05) is 29.8 Å². The van der Waals surface area contributed by atoms with Crippen LogP contribution in [0.25, 0.3) is 0 Å². The molecular formula is C18H28F3IN4O2S. The Morgan fingerprint density at radius 3 is 2.31 bits per heavy atom. The molecule has 2 N–H and O–H groups in total. The molecule has 166 valence electrons. The summed E-state index contributed by atoms with van der Waals surface area (Å²) in [5, 5.41) is 6.32. The summed E-state index contributed by atoms with van der Waals surface area (Å²) in [4.78, 5) is 4.51. The number of hydrogen-bond acceptors (Lipinski definition) is 3. The molecule has 0 aromatic heterocycles. The Morgan fingerprint density at radius 2 is 1.79 bits per heavy atom. The van der Waals surface area contributed by atoms with Crippen molar-refractivity contribution in [3.63, 3.8) is 0 Å². The fraction of sp³-hybridized carbons (Fsp3) is 0.611. The van der Waals surface area contributed by atoms with Crippen LogP contribution in [0.3, 0.4) is 0 Å². The van der Waals surface area contributed by atoms with Crippen molar-refractivity contribution in [3.05, 3.63) is 35.4 Å². The molecule has 11 heteroatoms. The second-order valence-electron chi connectivity index (χ2n) is 6.76. The summed E-state index contributed by atoms with van der Waals surface area (Å²) in [6.45, 7) is 4.85. The summed E-state index contributed by atoms with van der Waals surface area (Å²) in [6.07, 6.45) is 1.36. The maximum absolute atomic E-state index is 12.7. The highest BCUT2D eigenvalue weighted by atomic mass is 127. The second kappa shape index (κ2) is 11.3. The van der Waals surface area contributed by atoms with Crippen LogP contribution >= 0.6 is 24.0 Å². The van der Waals surface area contributed by atoms with Crippen LogP contribution in [0.5, 0.6) is 0 Å². The molecule has 0 atom stereocenters. The van der Waals surface area contributed by atoms with Crippen molar-refractivity contribution >= 4 is 40.0 Å². The average Bonchev–Trinajstić information content (AvgIpc) is 2.63. The Kier molecular flexibility index (Phi) is 10.2. The van der Waals surface area contributed by atoms with E-state index >= 15 is 0 Å². The summed E-state index contributed by atoms with van der Waals surface area (Å²) < 4.78 is 61.4. The molecule has 1 aromatic carbocycles. The second-order valence-corrected chi connectivity index (χ2v) is 8.69. The van der Waals surface area contributed by atoms with Crippen molar-refractivity contribution in [2.24, 2.45) is 4.99 Å². The highest BCUT2D eigenvalue weighted by Gasteiger charge is 2.50. The first-order valence-electron chi connectivity index (χ1n) is 9.30. The lowest BCUT2D eigenvalue weighted by molar-refractivity contribution is -0.0494. The molecule has 1 aromatic rings. The van der Waals surface area contributed by atoms with Gasteiger partial charge in [-0.05, 0) is 38.7 Å². The molecule has 0 aliphatic carbocycles. The summed E-state index contributed by atoms with van der Waals surface area (Å²) in [5.74, 6) is 0.590. The van der Waals surface area contributed by atoms with Gasteiger partial charge in [0.15, 0.2) is 5.96 Å². The molecule has 1 saturated heterocycles. The fourth-order valence-corrected chi connectivity index (χ4v) is 3.94. The van der Waals surface area contributed by atoms with Gasteiger partial charge in [0.2, 0.25) is 0 Å². The smallest absolute Gasteiger partial charge is 0.357 e. The van der Waals surface area contributed by atoms with E-state index in [4.69, 9.17) is 0 Å². The normalized spacial score (nSPS) is 16.9. The Bertz CT molecular complexity index is 762. The molecule has 0 amide bonds. The number of guanidine groups is 1. The third kappa shape index (κ3) is 7.59. The van der Waals surface area contributed by atoms with Crippen molar-refractivity contribution in [2.45, 2.75) is 44.7 Å². The van der Waals surface area contributed by atoms with E-state index in [1.807, 2.05) is 26.0 Å². The van der Waals surface area contributed by atoms with Gasteiger partial charge >= 0.3 is 15.5 Å². The quantitative estimate of drug-likeness (QED) is 0.326. The van der Waals surface area contributed by atoms with Gasteiger partial charge in [-0.25, -0.2) is 8.42 Å². The summed E-state index contributed by atoms with van der Waals surface area (Å²) in [6, 6.07) is 8.08. The molecule has 1 heterocycles. The average molecular weight is 548 g/mol. The van der Waals surface area contributed by atoms with E-state index in [0.717, 1.165) is 6.42 Å². The first-order valence-corrected chi connectivity index (χ1v) is 10.7. The first kappa shape index (κ1) is 26.0. The number of hydrogen-bond donors (Lipinski definition) is 2. The van der Waals surface area contributed by atoms with Crippen LogP contribution in [0.4, 0.5) is 13.2 Å². The van der Waals surface area contributed by atoms with Crippen LogP contribution in [0.1, 0.15) is 30.9 Å². The summed E-state index contributed by atoms with van der Waals surface area (Å²) >= 11 is 0. The predicted molar refractivity (Wildman–Crippen MR) is 119 cm³/mol. The summed E-state index contributed by atoms with van der Waals surface area (Å²) in [7, 11) is -5.25. The molecule has 0 saturated carbocycles. The standard InChI is InChI=1S/C18H27F3N4O2S.HI/c1-3-22-17(23-11-8-15-6-4-14(2)5-7-15)24-16-9-12-25(13-10-16)28(26,27)18(19,20)21;/h4-7,16H,3,8-13H2,1-2H3,(H2,22,23,24);1H. The first-order chi connectivity index (χ1) is 13.1. The summed E-state index contributed by atoms with van der Waals surface area (Å²) in [5.41, 5.74) is -2.88. The third-order valence-electron chi connectivity index (χ3n) is 4.56. The Labute approximate surface area is 187 Å². The van der Waals surface area contributed by atoms with E-state index in [1.165, 1.54) is 11.1 Å². The van der Waals surface area contributed by atoms with Gasteiger partial charge in [0.05, 0.1) is 0 Å². The zero-order valence-electron chi connectivity index (χ0n) is 16.5. The van der Waals surface area contributed by atoms with E-state index in [1.54, 1.807) is 0 Å². The predicted octanol–water partition coefficient (Wildman–Crippen LogP) is 3.02. The molecule has 0 radical (unpaired) electrons. The molecule has 29 heavy (non-hydrogen) atoms. The van der Waals surface area contributed by atoms with Crippen molar-refractivity contribution < 1.29 is 21.6 Å². The van der Waals surface area contributed by atoms with Crippen LogP contribution in [0.15, 0.2) is 29.3 Å². The number of nitrogens with zero attached hydrogens (tertiary/aromatic N) is 2. The Morgan fingerprint density at radius 1 is 1.21 bits per heavy atom. The van der Waals surface area contributed by atoms with E-state index in [9.17, 15) is 21.6 Å². The number of nitrogens with one attached hydrogen (secondary N) is 2. The zero-order chi connectivity index (χ0) is 20.8. The van der Waals surface area contributed by atoms with Gasteiger partial charge in [0.1, 0.15) is 0 Å². The molecule has 1 aliphatic rings. The monoisotopic (exact) mass is 548 g/mol. The van der Waals surface area contributed by atoms with Gasteiger partial charge in [-0.3, -0.25) is 4.99 Å². The third-order valence-corrected chi connectivity index (χ3v) is 6.19. The highest BCUT2D eigenvalue weighted by molar-refractivity contribution is 14.0. The number of benzene rings is 1. The largest absolute Gasteiger partial charge is 0.511 e. The number of piperidine rings is 1. The van der Waals surface area contributed by atoms with E-state index in [-0.39, 0.29) is 55.9 Å². The van der Waals surface area contributed by atoms with Gasteiger partial charge in [0.25, 0.3) is 0 Å². The molecule has 1 fully saturated rings. The molecule has 2 rings (SSSR count). The number of aryl methyl sites for hydroxylation is 1. The molecule has 0 unspecified atom stereocenters. The number of rotatable bonds is 6. The van der Waals surface area contributed by atoms with Gasteiger partial charge in [0, 0.05) is 32.2 Å². The zero-order valence-corrected chi connectivity index (χ0v) is 19.6. The lowest BCUT2D eigenvalue weighted by Crippen LogP contribution is -2.51. The number of alkyl halides is 3. The molecule has 1 aliphatic heterocycles. The number of halogens is 4. The molecule has 0 bridgehead atoms. The Balaban J connectivity index is 0.00000420. The molecular weight excluding hydrogens is 520 g/mol. The minimum absolute atomic E-state index is 0. The van der Waals surface area contributed by atoms with Crippen LogP contribution < -0.4 is 10.6 Å². The van der Waals surface area contributed by atoms with Crippen molar-refractivity contribution in [2.75, 3.05) is 26.2 Å². The number of sulfonamides is 1. The molecule has 6 nitrogen and oxygen atoms in total. The minimum atomic E-state index is -5.25. The van der Waals surface area contributed by atoms with Gasteiger partial charge < -0.3 is 10.6 Å². The van der Waals surface area contributed by atoms with Crippen LogP contribution in [0.2, 0.25) is 0 Å². The lowest BCUT2D eigenvalue weighted by Gasteiger charge is -2.32. The maximum atomic E-state index is 12.7. The SMILES string of the molecule is CCNC(=NCCc1ccc(C)cc1)NC1CCN(S(=O)(=O)C(F)(F)F)CC1.I. The van der Waals surface area contributed by atoms with Gasteiger partial charge in [-0.2, -0.15) is 17.5 Å². The van der Waals surface area contributed by atoms with Crippen LogP contribution in [0, 0.1) is 6.92 Å². The van der Waals surface area contributed by atoms with Crippen LogP contribution in [-0.4, -0.2) is 56.4 Å². The lowest BCUT2D eigenvalue weighted by atomic mass is 10.1. The van der Waals surface area contributed by atoms with Gasteiger partial charge in [-0.15, -0.1) is 24.0 Å². The van der Waals surface area contributed by atoms with E-state index < -0.39 is 15.5 Å².